The molecule has 0 aliphatic rings. The molecule has 2 aromatic carbocycles. The van der Waals surface area contributed by atoms with E-state index in [4.69, 9.17) is 0 Å². The summed E-state index contributed by atoms with van der Waals surface area (Å²) in [6.07, 6.45) is 2.09. The smallest absolute Gasteiger partial charge is 0.273 e. The molecule has 0 unspecified atom stereocenters. The first-order valence-electron chi connectivity index (χ1n) is 7.88. The molecular formula is C18H19N5O3. The van der Waals surface area contributed by atoms with Crippen LogP contribution >= 0.6 is 0 Å². The maximum atomic E-state index is 12.0. The second kappa shape index (κ2) is 9.58. The summed E-state index contributed by atoms with van der Waals surface area (Å²) in [6, 6.07) is 13.8. The lowest BCUT2D eigenvalue weighted by atomic mass is 10.2. The van der Waals surface area contributed by atoms with Gasteiger partial charge in [0, 0.05) is 11.9 Å². The van der Waals surface area contributed by atoms with Crippen molar-refractivity contribution in [2.24, 2.45) is 0 Å². The van der Waals surface area contributed by atoms with E-state index in [0.717, 1.165) is 17.4 Å². The number of amides is 2. The van der Waals surface area contributed by atoms with Crippen LogP contribution in [0.4, 0.5) is 5.82 Å². The minimum atomic E-state index is -0.448. The molecule has 0 bridgehead atoms. The largest absolute Gasteiger partial charge is 0.507 e. The Balaban J connectivity index is 0.000000431. The second-order valence-corrected chi connectivity index (χ2v) is 5.01. The topological polar surface area (TPSA) is 116 Å². The van der Waals surface area contributed by atoms with Crippen molar-refractivity contribution in [2.75, 3.05) is 12.0 Å². The van der Waals surface area contributed by atoms with Crippen LogP contribution in [0.25, 0.3) is 10.9 Å². The van der Waals surface area contributed by atoms with Crippen molar-refractivity contribution in [3.05, 3.63) is 60.4 Å². The van der Waals surface area contributed by atoms with E-state index in [1.165, 1.54) is 18.5 Å². The number of fused-ring (bicyclic) bond motifs is 1. The Hall–Kier alpha value is -3.68. The van der Waals surface area contributed by atoms with Crippen molar-refractivity contribution in [3.8, 4) is 5.75 Å². The molecule has 0 fully saturated rings. The highest BCUT2D eigenvalue weighted by Gasteiger charge is 2.10. The maximum Gasteiger partial charge on any atom is 0.273 e. The van der Waals surface area contributed by atoms with Gasteiger partial charge in [0.05, 0.1) is 11.1 Å². The zero-order chi connectivity index (χ0) is 18.8. The Bertz CT molecular complexity index is 880. The zero-order valence-corrected chi connectivity index (χ0v) is 14.1. The van der Waals surface area contributed by atoms with Crippen molar-refractivity contribution in [2.45, 2.75) is 6.92 Å². The van der Waals surface area contributed by atoms with Gasteiger partial charge in [0.25, 0.3) is 5.91 Å². The fraction of sp³-hybridized carbons (Fsp3) is 0.111. The van der Waals surface area contributed by atoms with E-state index in [1.54, 1.807) is 12.1 Å². The van der Waals surface area contributed by atoms with E-state index in [2.05, 4.69) is 26.1 Å². The molecule has 0 aliphatic heterocycles. The van der Waals surface area contributed by atoms with Crippen LogP contribution in [0.3, 0.4) is 0 Å². The molecule has 26 heavy (non-hydrogen) atoms. The Morgan fingerprint density at radius 2 is 1.85 bits per heavy atom. The lowest BCUT2D eigenvalue weighted by molar-refractivity contribution is -0.109. The lowest BCUT2D eigenvalue weighted by Gasteiger charge is -2.10. The number of hydrogen-bond donors (Lipinski definition) is 4. The van der Waals surface area contributed by atoms with Gasteiger partial charge in [0.2, 0.25) is 6.41 Å². The molecule has 4 N–H and O–H groups in total. The molecule has 0 spiro atoms. The molecule has 1 heterocycles. The molecule has 0 atom stereocenters. The Labute approximate surface area is 150 Å². The number of para-hydroxylation sites is 2. The van der Waals surface area contributed by atoms with Crippen LogP contribution in [0, 0.1) is 0 Å². The van der Waals surface area contributed by atoms with Gasteiger partial charge in [-0.3, -0.25) is 20.4 Å². The normalized spacial score (nSPS) is 9.58. The third-order valence-electron chi connectivity index (χ3n) is 3.27. The summed E-state index contributed by atoms with van der Waals surface area (Å²) in [5.41, 5.74) is 6.21. The van der Waals surface area contributed by atoms with E-state index in [-0.39, 0.29) is 11.3 Å². The third kappa shape index (κ3) is 4.91. The minimum Gasteiger partial charge on any atom is -0.507 e. The van der Waals surface area contributed by atoms with Gasteiger partial charge in [-0.25, -0.2) is 9.97 Å². The molecule has 0 radical (unpaired) electrons. The van der Waals surface area contributed by atoms with E-state index < -0.39 is 5.91 Å². The molecule has 8 heteroatoms. The van der Waals surface area contributed by atoms with Gasteiger partial charge in [-0.2, -0.15) is 0 Å². The predicted octanol–water partition coefficient (Wildman–Crippen LogP) is 1.84. The number of phenolic OH excluding ortho intramolecular Hbond substituents is 1. The molecule has 0 saturated heterocycles. The van der Waals surface area contributed by atoms with Crippen LogP contribution in [0.15, 0.2) is 54.9 Å². The highest BCUT2D eigenvalue weighted by molar-refractivity contribution is 5.98. The summed E-state index contributed by atoms with van der Waals surface area (Å²) in [7, 11) is 0. The van der Waals surface area contributed by atoms with Gasteiger partial charge < -0.3 is 10.4 Å². The van der Waals surface area contributed by atoms with Gasteiger partial charge in [-0.15, -0.1) is 0 Å². The average molecular weight is 353 g/mol. The van der Waals surface area contributed by atoms with Crippen LogP contribution < -0.4 is 16.2 Å². The van der Waals surface area contributed by atoms with Crippen LogP contribution in [0.2, 0.25) is 0 Å². The Morgan fingerprint density at radius 3 is 2.54 bits per heavy atom. The number of carbonyl (C=O) groups excluding carboxylic acids is 2. The van der Waals surface area contributed by atoms with E-state index in [9.17, 15) is 14.7 Å². The van der Waals surface area contributed by atoms with Crippen LogP contribution in [-0.2, 0) is 4.79 Å². The summed E-state index contributed by atoms with van der Waals surface area (Å²) in [6.45, 7) is 2.60. The average Bonchev–Trinajstić information content (AvgIpc) is 2.67. The predicted molar refractivity (Wildman–Crippen MR) is 98.5 cm³/mol. The summed E-state index contributed by atoms with van der Waals surface area (Å²) >= 11 is 0. The van der Waals surface area contributed by atoms with Crippen molar-refractivity contribution in [1.82, 2.24) is 20.7 Å². The number of aromatic hydroxyl groups is 1. The lowest BCUT2D eigenvalue weighted by Crippen LogP contribution is -2.30. The van der Waals surface area contributed by atoms with Crippen LogP contribution in [0.1, 0.15) is 17.3 Å². The van der Waals surface area contributed by atoms with E-state index >= 15 is 0 Å². The number of nitrogens with one attached hydrogen (secondary N) is 3. The molecule has 2 amide bonds. The SMILES string of the molecule is CCNC=O.O=C(NNc1ncnc2ccccc12)c1ccccc1O. The highest BCUT2D eigenvalue weighted by Crippen LogP contribution is 2.18. The van der Waals surface area contributed by atoms with Gasteiger partial charge in [0.15, 0.2) is 5.82 Å². The van der Waals surface area contributed by atoms with Gasteiger partial charge >= 0.3 is 0 Å². The molecule has 3 rings (SSSR count). The molecule has 8 nitrogen and oxygen atoms in total. The summed E-state index contributed by atoms with van der Waals surface area (Å²) in [5, 5.41) is 12.9. The first-order valence-corrected chi connectivity index (χ1v) is 7.88. The molecular weight excluding hydrogens is 334 g/mol. The quantitative estimate of drug-likeness (QED) is 0.411. The van der Waals surface area contributed by atoms with Gasteiger partial charge in [0.1, 0.15) is 12.1 Å². The number of carbonyl (C=O) groups is 2. The fourth-order valence-electron chi connectivity index (χ4n) is 2.04. The monoisotopic (exact) mass is 353 g/mol. The van der Waals surface area contributed by atoms with Crippen molar-refractivity contribution < 1.29 is 14.7 Å². The van der Waals surface area contributed by atoms with Crippen molar-refractivity contribution >= 4 is 29.0 Å². The van der Waals surface area contributed by atoms with Gasteiger partial charge in [-0.05, 0) is 31.2 Å². The number of hydrazine groups is 1. The number of phenols is 1. The molecule has 134 valence electrons. The number of hydrogen-bond acceptors (Lipinski definition) is 6. The minimum absolute atomic E-state index is 0.0793. The highest BCUT2D eigenvalue weighted by atomic mass is 16.3. The molecule has 0 saturated carbocycles. The van der Waals surface area contributed by atoms with E-state index in [1.807, 2.05) is 31.2 Å². The summed E-state index contributed by atoms with van der Waals surface area (Å²) < 4.78 is 0. The first kappa shape index (κ1) is 18.7. The maximum absolute atomic E-state index is 12.0. The molecule has 1 aromatic heterocycles. The van der Waals surface area contributed by atoms with Gasteiger partial charge in [-0.1, -0.05) is 24.3 Å². The van der Waals surface area contributed by atoms with Crippen LogP contribution in [-0.4, -0.2) is 33.9 Å². The zero-order valence-electron chi connectivity index (χ0n) is 14.1. The third-order valence-corrected chi connectivity index (χ3v) is 3.27. The number of benzene rings is 2. The Kier molecular flexibility index (Phi) is 6.87. The second-order valence-electron chi connectivity index (χ2n) is 5.01. The molecule has 0 aliphatic carbocycles. The van der Waals surface area contributed by atoms with Crippen molar-refractivity contribution in [3.63, 3.8) is 0 Å². The Morgan fingerprint density at radius 1 is 1.12 bits per heavy atom. The van der Waals surface area contributed by atoms with Crippen LogP contribution in [0.5, 0.6) is 5.75 Å². The van der Waals surface area contributed by atoms with E-state index in [0.29, 0.717) is 12.2 Å². The number of aromatic nitrogens is 2. The number of anilines is 1. The van der Waals surface area contributed by atoms with Crippen molar-refractivity contribution in [1.29, 1.82) is 0 Å². The fourth-order valence-corrected chi connectivity index (χ4v) is 2.04. The number of nitrogens with zero attached hydrogens (tertiary/aromatic N) is 2. The summed E-state index contributed by atoms with van der Waals surface area (Å²) in [4.78, 5) is 29.5. The summed E-state index contributed by atoms with van der Waals surface area (Å²) in [5.74, 6) is -0.0375. The standard InChI is InChI=1S/C15H12N4O2.C3H7NO/c20-13-8-4-2-6-11(13)15(21)19-18-14-10-5-1-3-7-12(10)16-9-17-14;1-2-4-3-5/h1-9,20H,(H,19,21)(H,16,17,18);3H,2H2,1H3,(H,4,5). The number of rotatable bonds is 5. The first-order chi connectivity index (χ1) is 12.7. The molecule has 3 aromatic rings.